The summed E-state index contributed by atoms with van der Waals surface area (Å²) in [5.74, 6) is 0. The Balaban J connectivity index is 2.20. The number of aliphatic hydroxyl groups excluding tert-OH is 1. The van der Waals surface area contributed by atoms with E-state index in [1.54, 1.807) is 11.3 Å². The van der Waals surface area contributed by atoms with Gasteiger partial charge in [0.2, 0.25) is 0 Å². The molecule has 0 radical (unpaired) electrons. The summed E-state index contributed by atoms with van der Waals surface area (Å²) in [6, 6.07) is 4.32. The van der Waals surface area contributed by atoms with Crippen LogP contribution in [0.1, 0.15) is 34.3 Å². The highest BCUT2D eigenvalue weighted by atomic mass is 32.1. The number of nitrogens with zero attached hydrogens (tertiary/aromatic N) is 3. The van der Waals surface area contributed by atoms with Gasteiger partial charge in [-0.05, 0) is 43.5 Å². The molecule has 2 aromatic rings. The zero-order valence-electron chi connectivity index (χ0n) is 13.6. The number of thiazole rings is 1. The fraction of sp³-hybridized carbons (Fsp3) is 0.412. The molecule has 1 aromatic carbocycles. The van der Waals surface area contributed by atoms with Gasteiger partial charge in [-0.25, -0.2) is 9.98 Å². The van der Waals surface area contributed by atoms with Gasteiger partial charge in [0.1, 0.15) is 0 Å². The molecule has 0 amide bonds. The van der Waals surface area contributed by atoms with Crippen LogP contribution in [0, 0.1) is 13.8 Å². The van der Waals surface area contributed by atoms with Crippen LogP contribution in [-0.4, -0.2) is 34.9 Å². The summed E-state index contributed by atoms with van der Waals surface area (Å²) in [6.07, 6.45) is 2.67. The second kappa shape index (κ2) is 7.51. The molecule has 0 bridgehead atoms. The number of aliphatic imine (C=N–C) groups is 1. The van der Waals surface area contributed by atoms with E-state index in [4.69, 9.17) is 5.11 Å². The summed E-state index contributed by atoms with van der Waals surface area (Å²) in [6.45, 7) is 7.24. The molecular formula is C17H23N3OS. The molecular weight excluding hydrogens is 294 g/mol. The summed E-state index contributed by atoms with van der Waals surface area (Å²) in [5, 5.41) is 12.0. The van der Waals surface area contributed by atoms with E-state index in [0.29, 0.717) is 0 Å². The lowest BCUT2D eigenvalue weighted by Gasteiger charge is -2.11. The third kappa shape index (κ3) is 4.15. The van der Waals surface area contributed by atoms with Gasteiger partial charge in [0, 0.05) is 25.4 Å². The van der Waals surface area contributed by atoms with Crippen LogP contribution >= 0.6 is 11.3 Å². The lowest BCUT2D eigenvalue weighted by atomic mass is 10.0. The minimum atomic E-state index is 0.00705. The summed E-state index contributed by atoms with van der Waals surface area (Å²) in [7, 11) is 2.02. The lowest BCUT2D eigenvalue weighted by molar-refractivity contribution is 0.277. The van der Waals surface area contributed by atoms with E-state index in [1.165, 1.54) is 16.7 Å². The molecule has 0 unspecified atom stereocenters. The van der Waals surface area contributed by atoms with Gasteiger partial charge >= 0.3 is 0 Å². The molecule has 0 atom stereocenters. The molecule has 0 saturated heterocycles. The van der Waals surface area contributed by atoms with E-state index in [2.05, 4.69) is 47.8 Å². The molecule has 0 aliphatic heterocycles. The quantitative estimate of drug-likeness (QED) is 0.656. The number of benzene rings is 1. The maximum absolute atomic E-state index is 9.10. The van der Waals surface area contributed by atoms with Crippen molar-refractivity contribution in [2.24, 2.45) is 4.99 Å². The first-order valence-electron chi connectivity index (χ1n) is 7.42. The van der Waals surface area contributed by atoms with E-state index < -0.39 is 0 Å². The third-order valence-electron chi connectivity index (χ3n) is 3.65. The lowest BCUT2D eigenvalue weighted by Crippen LogP contribution is -2.14. The number of hydrogen-bond donors (Lipinski definition) is 1. The SMILES string of the molecule is CCN(C)/C=N/c1cc(C)c(Cc2nc(CO)cs2)cc1C. The molecule has 1 heterocycles. The van der Waals surface area contributed by atoms with Crippen molar-refractivity contribution in [2.75, 3.05) is 13.6 Å². The van der Waals surface area contributed by atoms with E-state index in [-0.39, 0.29) is 6.61 Å². The summed E-state index contributed by atoms with van der Waals surface area (Å²) in [5.41, 5.74) is 5.41. The van der Waals surface area contributed by atoms with Gasteiger partial charge in [-0.3, -0.25) is 0 Å². The Morgan fingerprint density at radius 3 is 2.73 bits per heavy atom. The maximum atomic E-state index is 9.10. The molecule has 4 nitrogen and oxygen atoms in total. The minimum Gasteiger partial charge on any atom is -0.390 e. The topological polar surface area (TPSA) is 48.7 Å². The fourth-order valence-electron chi connectivity index (χ4n) is 2.10. The molecule has 0 fully saturated rings. The number of aryl methyl sites for hydroxylation is 2. The summed E-state index contributed by atoms with van der Waals surface area (Å²) in [4.78, 5) is 11.0. The van der Waals surface area contributed by atoms with Crippen molar-refractivity contribution in [2.45, 2.75) is 33.8 Å². The Morgan fingerprint density at radius 2 is 2.09 bits per heavy atom. The van der Waals surface area contributed by atoms with E-state index in [9.17, 15) is 0 Å². The Labute approximate surface area is 136 Å². The van der Waals surface area contributed by atoms with Crippen LogP contribution in [0.5, 0.6) is 0 Å². The van der Waals surface area contributed by atoms with Crippen LogP contribution in [0.3, 0.4) is 0 Å². The second-order valence-corrected chi connectivity index (χ2v) is 6.39. The van der Waals surface area contributed by atoms with Crippen molar-refractivity contribution < 1.29 is 5.11 Å². The maximum Gasteiger partial charge on any atom is 0.0973 e. The first-order valence-corrected chi connectivity index (χ1v) is 8.30. The number of aromatic nitrogens is 1. The largest absolute Gasteiger partial charge is 0.390 e. The van der Waals surface area contributed by atoms with Gasteiger partial charge in [-0.1, -0.05) is 6.07 Å². The Hall–Kier alpha value is -1.72. The van der Waals surface area contributed by atoms with Crippen molar-refractivity contribution in [3.63, 3.8) is 0 Å². The van der Waals surface area contributed by atoms with Crippen LogP contribution in [0.2, 0.25) is 0 Å². The van der Waals surface area contributed by atoms with Crippen LogP contribution in [0.4, 0.5) is 5.69 Å². The van der Waals surface area contributed by atoms with E-state index >= 15 is 0 Å². The standard InChI is InChI=1S/C17H23N3OS/c1-5-20(4)11-18-16-7-12(2)14(6-13(16)3)8-17-19-15(9-21)10-22-17/h6-7,10-11,21H,5,8-9H2,1-4H3/b18-11+. The molecule has 22 heavy (non-hydrogen) atoms. The van der Waals surface area contributed by atoms with Gasteiger partial charge in [-0.15, -0.1) is 11.3 Å². The van der Waals surface area contributed by atoms with Crippen LogP contribution in [-0.2, 0) is 13.0 Å². The van der Waals surface area contributed by atoms with Gasteiger partial charge in [0.25, 0.3) is 0 Å². The zero-order chi connectivity index (χ0) is 16.1. The predicted molar refractivity (Wildman–Crippen MR) is 93.2 cm³/mol. The average molecular weight is 317 g/mol. The van der Waals surface area contributed by atoms with Gasteiger partial charge in [0.05, 0.1) is 29.3 Å². The Kier molecular flexibility index (Phi) is 5.69. The van der Waals surface area contributed by atoms with E-state index in [1.807, 2.05) is 18.8 Å². The molecule has 1 aromatic heterocycles. The molecule has 0 aliphatic rings. The molecule has 118 valence electrons. The predicted octanol–water partition coefficient (Wildman–Crippen LogP) is 3.45. The molecule has 0 aliphatic carbocycles. The zero-order valence-corrected chi connectivity index (χ0v) is 14.4. The molecule has 0 spiro atoms. The van der Waals surface area contributed by atoms with Crippen molar-refractivity contribution in [3.05, 3.63) is 44.9 Å². The van der Waals surface area contributed by atoms with Crippen LogP contribution in [0.25, 0.3) is 0 Å². The highest BCUT2D eigenvalue weighted by Gasteiger charge is 2.08. The molecule has 2 rings (SSSR count). The van der Waals surface area contributed by atoms with Crippen LogP contribution < -0.4 is 0 Å². The molecule has 1 N–H and O–H groups in total. The first kappa shape index (κ1) is 16.6. The number of rotatable bonds is 6. The average Bonchev–Trinajstić information content (AvgIpc) is 2.96. The molecule has 5 heteroatoms. The Bertz CT molecular complexity index is 664. The smallest absolute Gasteiger partial charge is 0.0973 e. The highest BCUT2D eigenvalue weighted by Crippen LogP contribution is 2.25. The number of aliphatic hydroxyl groups is 1. The summed E-state index contributed by atoms with van der Waals surface area (Å²) >= 11 is 1.60. The van der Waals surface area contributed by atoms with Crippen LogP contribution in [0.15, 0.2) is 22.5 Å². The fourth-order valence-corrected chi connectivity index (χ4v) is 2.91. The van der Waals surface area contributed by atoms with Gasteiger partial charge < -0.3 is 10.0 Å². The van der Waals surface area contributed by atoms with Gasteiger partial charge in [-0.2, -0.15) is 0 Å². The third-order valence-corrected chi connectivity index (χ3v) is 4.55. The highest BCUT2D eigenvalue weighted by molar-refractivity contribution is 7.09. The van der Waals surface area contributed by atoms with E-state index in [0.717, 1.165) is 29.4 Å². The Morgan fingerprint density at radius 1 is 1.32 bits per heavy atom. The van der Waals surface area contributed by atoms with Crippen molar-refractivity contribution >= 4 is 23.4 Å². The normalized spacial score (nSPS) is 11.3. The van der Waals surface area contributed by atoms with Crippen molar-refractivity contribution in [1.29, 1.82) is 0 Å². The van der Waals surface area contributed by atoms with Crippen molar-refractivity contribution in [1.82, 2.24) is 9.88 Å². The summed E-state index contributed by atoms with van der Waals surface area (Å²) < 4.78 is 0. The minimum absolute atomic E-state index is 0.00705. The van der Waals surface area contributed by atoms with Crippen molar-refractivity contribution in [3.8, 4) is 0 Å². The molecule has 0 saturated carbocycles. The second-order valence-electron chi connectivity index (χ2n) is 5.45. The number of hydrogen-bond acceptors (Lipinski definition) is 4. The monoisotopic (exact) mass is 317 g/mol. The van der Waals surface area contributed by atoms with Gasteiger partial charge in [0.15, 0.2) is 0 Å². The first-order chi connectivity index (χ1) is 10.5.